The van der Waals surface area contributed by atoms with Crippen LogP contribution in [-0.2, 0) is 6.61 Å². The summed E-state index contributed by atoms with van der Waals surface area (Å²) in [6, 6.07) is 8.05. The van der Waals surface area contributed by atoms with Crippen molar-refractivity contribution < 1.29 is 18.8 Å². The van der Waals surface area contributed by atoms with Gasteiger partial charge in [0.15, 0.2) is 6.29 Å². The Bertz CT molecular complexity index is 705. The van der Waals surface area contributed by atoms with Crippen molar-refractivity contribution in [1.29, 1.82) is 0 Å². The summed E-state index contributed by atoms with van der Waals surface area (Å²) < 4.78 is 19.6. The van der Waals surface area contributed by atoms with Gasteiger partial charge in [-0.2, -0.15) is 0 Å². The first-order valence-electron chi connectivity index (χ1n) is 5.81. The molecule has 2 aromatic rings. The van der Waals surface area contributed by atoms with E-state index < -0.39 is 10.7 Å². The van der Waals surface area contributed by atoms with E-state index in [9.17, 15) is 19.3 Å². The second-order valence-electron chi connectivity index (χ2n) is 4.12. The van der Waals surface area contributed by atoms with E-state index in [4.69, 9.17) is 4.74 Å². The van der Waals surface area contributed by atoms with Crippen molar-refractivity contribution in [2.45, 2.75) is 6.61 Å². The number of nitrogens with zero attached hydrogens (tertiary/aromatic N) is 1. The quantitative estimate of drug-likeness (QED) is 0.464. The summed E-state index contributed by atoms with van der Waals surface area (Å²) in [5.41, 5.74) is 0.136. The van der Waals surface area contributed by atoms with E-state index in [2.05, 4.69) is 15.9 Å². The van der Waals surface area contributed by atoms with Gasteiger partial charge in [-0.05, 0) is 24.3 Å². The first-order chi connectivity index (χ1) is 10.0. The van der Waals surface area contributed by atoms with Crippen molar-refractivity contribution in [1.82, 2.24) is 0 Å². The van der Waals surface area contributed by atoms with Gasteiger partial charge in [0.25, 0.3) is 5.69 Å². The predicted molar refractivity (Wildman–Crippen MR) is 76.9 cm³/mol. The third-order valence-corrected chi connectivity index (χ3v) is 3.22. The van der Waals surface area contributed by atoms with Gasteiger partial charge in [-0.1, -0.05) is 15.9 Å². The van der Waals surface area contributed by atoms with E-state index in [1.807, 2.05) is 0 Å². The Labute approximate surface area is 127 Å². The molecule has 7 heteroatoms. The van der Waals surface area contributed by atoms with Crippen LogP contribution in [-0.4, -0.2) is 11.2 Å². The Kier molecular flexibility index (Phi) is 4.64. The number of nitro benzene ring substituents is 1. The number of halogens is 2. The van der Waals surface area contributed by atoms with Crippen LogP contribution in [0.2, 0.25) is 0 Å². The SMILES string of the molecule is O=Cc1cc([N+](=O)[O-])ccc1OCc1cc(Br)ccc1F. The minimum atomic E-state index is -0.606. The van der Waals surface area contributed by atoms with Gasteiger partial charge in [0, 0.05) is 22.2 Å². The van der Waals surface area contributed by atoms with Crippen LogP contribution in [0.4, 0.5) is 10.1 Å². The van der Waals surface area contributed by atoms with E-state index in [0.717, 1.165) is 6.07 Å². The maximum Gasteiger partial charge on any atom is 0.270 e. The molecule has 2 aromatic carbocycles. The van der Waals surface area contributed by atoms with Gasteiger partial charge in [-0.25, -0.2) is 4.39 Å². The van der Waals surface area contributed by atoms with Gasteiger partial charge in [-0.15, -0.1) is 0 Å². The topological polar surface area (TPSA) is 69.4 Å². The standard InChI is InChI=1S/C14H9BrFNO4/c15-11-1-3-13(16)10(5-11)8-21-14-4-2-12(17(19)20)6-9(14)7-18/h1-7H,8H2. The molecule has 0 aliphatic heterocycles. The number of carbonyl (C=O) groups is 1. The van der Waals surface area contributed by atoms with Crippen molar-refractivity contribution in [3.05, 3.63) is 67.9 Å². The summed E-state index contributed by atoms with van der Waals surface area (Å²) in [4.78, 5) is 21.0. The van der Waals surface area contributed by atoms with Crippen LogP contribution in [0.1, 0.15) is 15.9 Å². The molecule has 0 atom stereocenters. The van der Waals surface area contributed by atoms with Crippen LogP contribution < -0.4 is 4.74 Å². The van der Waals surface area contributed by atoms with Gasteiger partial charge in [-0.3, -0.25) is 14.9 Å². The Balaban J connectivity index is 2.21. The number of rotatable bonds is 5. The van der Waals surface area contributed by atoms with E-state index in [1.165, 1.54) is 18.2 Å². The number of hydrogen-bond donors (Lipinski definition) is 0. The molecule has 0 N–H and O–H groups in total. The lowest BCUT2D eigenvalue weighted by molar-refractivity contribution is -0.384. The lowest BCUT2D eigenvalue weighted by Gasteiger charge is -2.09. The van der Waals surface area contributed by atoms with Crippen LogP contribution in [0.5, 0.6) is 5.75 Å². The molecule has 2 rings (SSSR count). The molecule has 0 amide bonds. The van der Waals surface area contributed by atoms with Crippen molar-refractivity contribution in [2.75, 3.05) is 0 Å². The molecule has 0 unspecified atom stereocenters. The number of non-ortho nitro benzene ring substituents is 1. The highest BCUT2D eigenvalue weighted by molar-refractivity contribution is 9.10. The number of carbonyl (C=O) groups excluding carboxylic acids is 1. The Morgan fingerprint density at radius 2 is 2.05 bits per heavy atom. The zero-order chi connectivity index (χ0) is 15.4. The average Bonchev–Trinajstić information content (AvgIpc) is 2.47. The molecule has 21 heavy (non-hydrogen) atoms. The van der Waals surface area contributed by atoms with Crippen LogP contribution in [0.15, 0.2) is 40.9 Å². The van der Waals surface area contributed by atoms with Gasteiger partial charge in [0.1, 0.15) is 18.2 Å². The first-order valence-corrected chi connectivity index (χ1v) is 6.61. The third-order valence-electron chi connectivity index (χ3n) is 2.72. The Hall–Kier alpha value is -2.28. The fourth-order valence-electron chi connectivity index (χ4n) is 1.68. The normalized spacial score (nSPS) is 10.2. The maximum absolute atomic E-state index is 13.6. The number of ether oxygens (including phenoxy) is 1. The van der Waals surface area contributed by atoms with Gasteiger partial charge >= 0.3 is 0 Å². The molecular formula is C14H9BrFNO4. The minimum Gasteiger partial charge on any atom is -0.488 e. The second-order valence-corrected chi connectivity index (χ2v) is 5.04. The maximum atomic E-state index is 13.6. The van der Waals surface area contributed by atoms with Crippen LogP contribution >= 0.6 is 15.9 Å². The van der Waals surface area contributed by atoms with Gasteiger partial charge < -0.3 is 4.74 Å². The number of hydrogen-bond acceptors (Lipinski definition) is 4. The first kappa shape index (κ1) is 15.1. The lowest BCUT2D eigenvalue weighted by Crippen LogP contribution is -2.01. The van der Waals surface area contributed by atoms with Crippen LogP contribution in [0.3, 0.4) is 0 Å². The molecule has 0 spiro atoms. The molecule has 108 valence electrons. The molecular weight excluding hydrogens is 345 g/mol. The third kappa shape index (κ3) is 3.63. The summed E-state index contributed by atoms with van der Waals surface area (Å²) in [5, 5.41) is 10.6. The largest absolute Gasteiger partial charge is 0.488 e. The van der Waals surface area contributed by atoms with Crippen LogP contribution in [0.25, 0.3) is 0 Å². The van der Waals surface area contributed by atoms with E-state index >= 15 is 0 Å². The molecule has 0 aromatic heterocycles. The van der Waals surface area contributed by atoms with Gasteiger partial charge in [0.2, 0.25) is 0 Å². The monoisotopic (exact) mass is 353 g/mol. The molecule has 0 heterocycles. The van der Waals surface area contributed by atoms with Crippen molar-refractivity contribution in [3.8, 4) is 5.75 Å². The predicted octanol–water partition coefficient (Wildman–Crippen LogP) is 3.89. The smallest absolute Gasteiger partial charge is 0.270 e. The summed E-state index contributed by atoms with van der Waals surface area (Å²) in [7, 11) is 0. The van der Waals surface area contributed by atoms with Crippen molar-refractivity contribution in [3.63, 3.8) is 0 Å². The summed E-state index contributed by atoms with van der Waals surface area (Å²) in [6.45, 7) is -0.0933. The summed E-state index contributed by atoms with van der Waals surface area (Å²) >= 11 is 3.22. The molecule has 5 nitrogen and oxygen atoms in total. The molecule has 0 bridgehead atoms. The molecule has 0 saturated heterocycles. The minimum absolute atomic E-state index is 0.0413. The average molecular weight is 354 g/mol. The number of aldehydes is 1. The van der Waals surface area contributed by atoms with E-state index in [1.54, 1.807) is 12.1 Å². The van der Waals surface area contributed by atoms with Gasteiger partial charge in [0.05, 0.1) is 10.5 Å². The van der Waals surface area contributed by atoms with Crippen molar-refractivity contribution >= 4 is 27.9 Å². The summed E-state index contributed by atoms with van der Waals surface area (Å²) in [6.07, 6.45) is 0.458. The molecule has 0 aliphatic carbocycles. The number of benzene rings is 2. The zero-order valence-electron chi connectivity index (χ0n) is 10.6. The van der Waals surface area contributed by atoms with Crippen LogP contribution in [0, 0.1) is 15.9 Å². The zero-order valence-corrected chi connectivity index (χ0v) is 12.2. The number of nitro groups is 1. The Morgan fingerprint density at radius 3 is 2.71 bits per heavy atom. The fourth-order valence-corrected chi connectivity index (χ4v) is 2.09. The van der Waals surface area contributed by atoms with E-state index in [0.29, 0.717) is 16.3 Å². The van der Waals surface area contributed by atoms with E-state index in [-0.39, 0.29) is 23.6 Å². The summed E-state index contributed by atoms with van der Waals surface area (Å²) in [5.74, 6) is -0.275. The molecule has 0 fully saturated rings. The Morgan fingerprint density at radius 1 is 1.29 bits per heavy atom. The highest BCUT2D eigenvalue weighted by Crippen LogP contribution is 2.24. The lowest BCUT2D eigenvalue weighted by atomic mass is 10.2. The molecule has 0 aliphatic rings. The molecule has 0 radical (unpaired) electrons. The second kappa shape index (κ2) is 6.45. The molecule has 0 saturated carbocycles. The fraction of sp³-hybridized carbons (Fsp3) is 0.0714. The highest BCUT2D eigenvalue weighted by Gasteiger charge is 2.12. The highest BCUT2D eigenvalue weighted by atomic mass is 79.9. The van der Waals surface area contributed by atoms with Crippen molar-refractivity contribution in [2.24, 2.45) is 0 Å².